The number of halogens is 2. The van der Waals surface area contributed by atoms with Crippen molar-refractivity contribution < 1.29 is 8.78 Å². The molecule has 2 nitrogen and oxygen atoms in total. The first-order chi connectivity index (χ1) is 5.65. The Morgan fingerprint density at radius 1 is 1.58 bits per heavy atom. The van der Waals surface area contributed by atoms with Gasteiger partial charge in [-0.25, -0.2) is 8.78 Å². The van der Waals surface area contributed by atoms with Crippen molar-refractivity contribution in [3.63, 3.8) is 0 Å². The van der Waals surface area contributed by atoms with E-state index in [1.165, 1.54) is 12.3 Å². The van der Waals surface area contributed by atoms with Crippen LogP contribution in [0.2, 0.25) is 0 Å². The summed E-state index contributed by atoms with van der Waals surface area (Å²) in [5.74, 6) is 0. The van der Waals surface area contributed by atoms with Crippen molar-refractivity contribution in [3.05, 3.63) is 29.1 Å². The number of aryl methyl sites for hydroxylation is 1. The van der Waals surface area contributed by atoms with Gasteiger partial charge in [0.05, 0.1) is 0 Å². The highest BCUT2D eigenvalue weighted by Gasteiger charge is 2.11. The SMILES string of the molecule is Cc1ncc(CN)cc1C(F)F. The molecule has 0 fully saturated rings. The summed E-state index contributed by atoms with van der Waals surface area (Å²) in [6.07, 6.45) is -0.953. The second kappa shape index (κ2) is 3.58. The lowest BCUT2D eigenvalue weighted by Crippen LogP contribution is -2.01. The Bertz CT molecular complexity index is 274. The molecule has 0 saturated carbocycles. The highest BCUT2D eigenvalue weighted by molar-refractivity contribution is 5.25. The van der Waals surface area contributed by atoms with Crippen LogP contribution >= 0.6 is 0 Å². The summed E-state index contributed by atoms with van der Waals surface area (Å²) >= 11 is 0. The Morgan fingerprint density at radius 3 is 2.75 bits per heavy atom. The minimum absolute atomic E-state index is 0.0297. The first kappa shape index (κ1) is 9.06. The molecule has 1 aromatic rings. The third-order valence-electron chi connectivity index (χ3n) is 1.65. The van der Waals surface area contributed by atoms with Crippen LogP contribution in [0.15, 0.2) is 12.3 Å². The molecule has 12 heavy (non-hydrogen) atoms. The molecule has 2 N–H and O–H groups in total. The molecule has 0 saturated heterocycles. The van der Waals surface area contributed by atoms with E-state index < -0.39 is 6.43 Å². The zero-order chi connectivity index (χ0) is 9.14. The number of rotatable bonds is 2. The summed E-state index contributed by atoms with van der Waals surface area (Å²) in [5.41, 5.74) is 6.25. The highest BCUT2D eigenvalue weighted by Crippen LogP contribution is 2.21. The molecule has 0 amide bonds. The zero-order valence-electron chi connectivity index (χ0n) is 6.72. The van der Waals surface area contributed by atoms with Gasteiger partial charge >= 0.3 is 0 Å². The van der Waals surface area contributed by atoms with Crippen LogP contribution in [-0.2, 0) is 6.54 Å². The molecule has 0 aromatic carbocycles. The molecule has 0 aliphatic heterocycles. The number of alkyl halides is 2. The monoisotopic (exact) mass is 172 g/mol. The van der Waals surface area contributed by atoms with Crippen molar-refractivity contribution in [1.29, 1.82) is 0 Å². The Hall–Kier alpha value is -1.03. The normalized spacial score (nSPS) is 10.8. The van der Waals surface area contributed by atoms with Gasteiger partial charge in [-0.05, 0) is 18.6 Å². The summed E-state index contributed by atoms with van der Waals surface area (Å²) in [7, 11) is 0. The fraction of sp³-hybridized carbons (Fsp3) is 0.375. The molecule has 1 rings (SSSR count). The van der Waals surface area contributed by atoms with Gasteiger partial charge in [-0.15, -0.1) is 0 Å². The van der Waals surface area contributed by atoms with Gasteiger partial charge in [-0.2, -0.15) is 0 Å². The third kappa shape index (κ3) is 1.76. The lowest BCUT2D eigenvalue weighted by Gasteiger charge is -2.04. The van der Waals surface area contributed by atoms with Crippen molar-refractivity contribution in [2.75, 3.05) is 0 Å². The smallest absolute Gasteiger partial charge is 0.265 e. The van der Waals surface area contributed by atoms with Crippen molar-refractivity contribution in [1.82, 2.24) is 4.98 Å². The Kier molecular flexibility index (Phi) is 2.70. The van der Waals surface area contributed by atoms with E-state index in [-0.39, 0.29) is 12.1 Å². The predicted octanol–water partition coefficient (Wildman–Crippen LogP) is 1.79. The van der Waals surface area contributed by atoms with Crippen LogP contribution in [0.5, 0.6) is 0 Å². The number of hydrogen-bond acceptors (Lipinski definition) is 2. The molecule has 0 spiro atoms. The fourth-order valence-electron chi connectivity index (χ4n) is 0.928. The minimum Gasteiger partial charge on any atom is -0.326 e. The van der Waals surface area contributed by atoms with Crippen LogP contribution in [0.4, 0.5) is 8.78 Å². The lowest BCUT2D eigenvalue weighted by atomic mass is 10.1. The van der Waals surface area contributed by atoms with Gasteiger partial charge in [0.15, 0.2) is 0 Å². The Labute approximate surface area is 69.4 Å². The summed E-state index contributed by atoms with van der Waals surface area (Å²) in [6.45, 7) is 1.80. The van der Waals surface area contributed by atoms with E-state index in [1.54, 1.807) is 6.92 Å². The van der Waals surface area contributed by atoms with Crippen molar-refractivity contribution in [3.8, 4) is 0 Å². The lowest BCUT2D eigenvalue weighted by molar-refractivity contribution is 0.150. The maximum Gasteiger partial charge on any atom is 0.265 e. The Morgan fingerprint density at radius 2 is 2.25 bits per heavy atom. The van der Waals surface area contributed by atoms with E-state index in [2.05, 4.69) is 4.98 Å². The molecule has 0 bridgehead atoms. The Balaban J connectivity index is 3.08. The van der Waals surface area contributed by atoms with E-state index in [4.69, 9.17) is 5.73 Å². The number of aromatic nitrogens is 1. The maximum absolute atomic E-state index is 12.3. The second-order valence-corrected chi connectivity index (χ2v) is 2.52. The zero-order valence-corrected chi connectivity index (χ0v) is 6.72. The van der Waals surface area contributed by atoms with E-state index in [9.17, 15) is 8.78 Å². The average Bonchev–Trinajstić information content (AvgIpc) is 2.05. The molecule has 0 radical (unpaired) electrons. The van der Waals surface area contributed by atoms with Crippen LogP contribution < -0.4 is 5.73 Å². The maximum atomic E-state index is 12.3. The van der Waals surface area contributed by atoms with Crippen LogP contribution in [0.3, 0.4) is 0 Å². The summed E-state index contributed by atoms with van der Waals surface area (Å²) in [4.78, 5) is 3.81. The van der Waals surface area contributed by atoms with Gasteiger partial charge in [-0.1, -0.05) is 0 Å². The number of nitrogens with zero attached hydrogens (tertiary/aromatic N) is 1. The summed E-state index contributed by atoms with van der Waals surface area (Å²) < 4.78 is 24.5. The van der Waals surface area contributed by atoms with E-state index in [1.807, 2.05) is 0 Å². The molecular formula is C8H10F2N2. The van der Waals surface area contributed by atoms with Gasteiger partial charge in [0.1, 0.15) is 0 Å². The minimum atomic E-state index is -2.47. The molecule has 4 heteroatoms. The van der Waals surface area contributed by atoms with E-state index in [0.717, 1.165) is 0 Å². The quantitative estimate of drug-likeness (QED) is 0.738. The first-order valence-electron chi connectivity index (χ1n) is 3.58. The first-order valence-corrected chi connectivity index (χ1v) is 3.58. The summed E-state index contributed by atoms with van der Waals surface area (Å²) in [6, 6.07) is 1.40. The molecule has 0 unspecified atom stereocenters. The largest absolute Gasteiger partial charge is 0.326 e. The molecule has 0 aliphatic rings. The second-order valence-electron chi connectivity index (χ2n) is 2.52. The van der Waals surface area contributed by atoms with Gasteiger partial charge in [-0.3, -0.25) is 4.98 Å². The van der Waals surface area contributed by atoms with Crippen molar-refractivity contribution >= 4 is 0 Å². The molecule has 1 heterocycles. The van der Waals surface area contributed by atoms with E-state index in [0.29, 0.717) is 11.3 Å². The number of hydrogen-bond donors (Lipinski definition) is 1. The standard InChI is InChI=1S/C8H10F2N2/c1-5-7(8(9)10)2-6(3-11)4-12-5/h2,4,8H,3,11H2,1H3. The van der Waals surface area contributed by atoms with Crippen LogP contribution in [0, 0.1) is 6.92 Å². The topological polar surface area (TPSA) is 38.9 Å². The van der Waals surface area contributed by atoms with Crippen molar-refractivity contribution in [2.24, 2.45) is 5.73 Å². The van der Waals surface area contributed by atoms with Gasteiger partial charge in [0.25, 0.3) is 6.43 Å². The number of pyridine rings is 1. The van der Waals surface area contributed by atoms with Gasteiger partial charge < -0.3 is 5.73 Å². The highest BCUT2D eigenvalue weighted by atomic mass is 19.3. The molecular weight excluding hydrogens is 162 g/mol. The van der Waals surface area contributed by atoms with Crippen LogP contribution in [-0.4, -0.2) is 4.98 Å². The predicted molar refractivity (Wildman–Crippen MR) is 41.8 cm³/mol. The number of nitrogens with two attached hydrogens (primary N) is 1. The third-order valence-corrected chi connectivity index (χ3v) is 1.65. The van der Waals surface area contributed by atoms with E-state index >= 15 is 0 Å². The molecule has 1 aromatic heterocycles. The molecule has 0 atom stereocenters. The average molecular weight is 172 g/mol. The summed E-state index contributed by atoms with van der Waals surface area (Å²) in [5, 5.41) is 0. The van der Waals surface area contributed by atoms with Crippen LogP contribution in [0.25, 0.3) is 0 Å². The van der Waals surface area contributed by atoms with Gasteiger partial charge in [0, 0.05) is 24.0 Å². The fourth-order valence-corrected chi connectivity index (χ4v) is 0.928. The molecule has 0 aliphatic carbocycles. The van der Waals surface area contributed by atoms with Crippen molar-refractivity contribution in [2.45, 2.75) is 19.9 Å². The van der Waals surface area contributed by atoms with Crippen LogP contribution in [0.1, 0.15) is 23.2 Å². The molecule has 66 valence electrons. The van der Waals surface area contributed by atoms with Gasteiger partial charge in [0.2, 0.25) is 0 Å².